The highest BCUT2D eigenvalue weighted by Gasteiger charge is 2.17. The highest BCUT2D eigenvalue weighted by atomic mass is 79.9. The molecular weight excluding hydrogens is 630 g/mol. The summed E-state index contributed by atoms with van der Waals surface area (Å²) >= 11 is 5.65. The summed E-state index contributed by atoms with van der Waals surface area (Å²) in [5.74, 6) is 0. The molecule has 0 aliphatic carbocycles. The minimum atomic E-state index is 1.10. The summed E-state index contributed by atoms with van der Waals surface area (Å²) in [6, 6.07) is 57.4. The van der Waals surface area contributed by atoms with E-state index in [-0.39, 0.29) is 0 Å². The first-order valence-electron chi connectivity index (χ1n) is 15.1. The lowest BCUT2D eigenvalue weighted by atomic mass is 9.94. The Morgan fingerprint density at radius 2 is 0.978 bits per heavy atom. The van der Waals surface area contributed by atoms with Gasteiger partial charge in [0.25, 0.3) is 0 Å². The summed E-state index contributed by atoms with van der Waals surface area (Å²) in [6.45, 7) is 0. The lowest BCUT2D eigenvalue weighted by Gasteiger charge is -2.13. The summed E-state index contributed by atoms with van der Waals surface area (Å²) in [7, 11) is 0. The highest BCUT2D eigenvalue weighted by molar-refractivity contribution is 9.10. The summed E-state index contributed by atoms with van der Waals surface area (Å²) in [5.41, 5.74) is 10.8. The fourth-order valence-electron chi connectivity index (χ4n) is 6.78. The Labute approximate surface area is 273 Å². The van der Waals surface area contributed by atoms with E-state index in [1.54, 1.807) is 0 Å². The number of nitrogens with zero attached hydrogens (tertiary/aromatic N) is 1. The maximum Gasteiger partial charge on any atom is 0.0547 e. The second kappa shape index (κ2) is 10.6. The zero-order valence-corrected chi connectivity index (χ0v) is 26.6. The van der Waals surface area contributed by atoms with Crippen LogP contribution in [0.25, 0.3) is 81.0 Å². The Kier molecular flexibility index (Phi) is 6.22. The molecule has 0 aliphatic rings. The van der Waals surface area contributed by atoms with Crippen LogP contribution in [0.15, 0.2) is 162 Å². The van der Waals surface area contributed by atoms with Crippen molar-refractivity contribution in [3.63, 3.8) is 0 Å². The van der Waals surface area contributed by atoms with Gasteiger partial charge in [0.05, 0.1) is 11.0 Å². The molecule has 0 atom stereocenters. The Hall–Kier alpha value is -4.96. The first-order valence-corrected chi connectivity index (χ1v) is 16.7. The maximum absolute atomic E-state index is 3.79. The maximum atomic E-state index is 3.79. The Morgan fingerprint density at radius 3 is 1.78 bits per heavy atom. The van der Waals surface area contributed by atoms with E-state index in [9.17, 15) is 0 Å². The van der Waals surface area contributed by atoms with Gasteiger partial charge in [0.15, 0.2) is 0 Å². The number of hydrogen-bond donors (Lipinski definition) is 0. The molecule has 0 saturated carbocycles. The van der Waals surface area contributed by atoms with Crippen molar-refractivity contribution in [2.75, 3.05) is 0 Å². The van der Waals surface area contributed by atoms with E-state index in [2.05, 4.69) is 178 Å². The van der Waals surface area contributed by atoms with Crippen molar-refractivity contribution in [2.24, 2.45) is 0 Å². The van der Waals surface area contributed by atoms with Crippen LogP contribution in [-0.2, 0) is 0 Å². The van der Waals surface area contributed by atoms with Gasteiger partial charge in [-0.1, -0.05) is 125 Å². The van der Waals surface area contributed by atoms with E-state index in [0.29, 0.717) is 0 Å². The molecule has 0 spiro atoms. The quantitative estimate of drug-likeness (QED) is 0.178. The lowest BCUT2D eigenvalue weighted by Crippen LogP contribution is -1.94. The predicted molar refractivity (Wildman–Crippen MR) is 198 cm³/mol. The van der Waals surface area contributed by atoms with Crippen molar-refractivity contribution >= 4 is 69.2 Å². The van der Waals surface area contributed by atoms with Crippen molar-refractivity contribution in [3.8, 4) is 39.1 Å². The van der Waals surface area contributed by atoms with Crippen molar-refractivity contribution in [3.05, 3.63) is 162 Å². The monoisotopic (exact) mass is 655 g/mol. The zero-order valence-electron chi connectivity index (χ0n) is 24.2. The van der Waals surface area contributed by atoms with E-state index in [0.717, 1.165) is 10.2 Å². The van der Waals surface area contributed by atoms with Gasteiger partial charge in [-0.05, 0) is 81.9 Å². The van der Waals surface area contributed by atoms with Crippen LogP contribution >= 0.6 is 27.3 Å². The first-order chi connectivity index (χ1) is 22.2. The molecule has 212 valence electrons. The average molecular weight is 657 g/mol. The third kappa shape index (κ3) is 4.34. The van der Waals surface area contributed by atoms with Crippen LogP contribution in [0, 0.1) is 0 Å². The Bertz CT molecular complexity index is 2560. The molecule has 0 unspecified atom stereocenters. The molecule has 7 aromatic carbocycles. The number of thiophene rings is 1. The largest absolute Gasteiger partial charge is 0.309 e. The molecule has 9 rings (SSSR count). The van der Waals surface area contributed by atoms with Gasteiger partial charge in [0.2, 0.25) is 0 Å². The normalized spacial score (nSPS) is 11.7. The van der Waals surface area contributed by atoms with Crippen LogP contribution < -0.4 is 0 Å². The summed E-state index contributed by atoms with van der Waals surface area (Å²) < 4.78 is 6.19. The lowest BCUT2D eigenvalue weighted by molar-refractivity contribution is 1.18. The SMILES string of the molecule is Brc1ccccc1-c1ccccc1-c1ccc2c3ccc(-c4ccc5sc6ccccc6c5c4)cc3n(-c3ccccc3)c2c1. The van der Waals surface area contributed by atoms with Gasteiger partial charge >= 0.3 is 0 Å². The molecule has 0 saturated heterocycles. The molecule has 2 aromatic heterocycles. The minimum absolute atomic E-state index is 1.10. The van der Waals surface area contributed by atoms with Gasteiger partial charge < -0.3 is 4.57 Å². The van der Waals surface area contributed by atoms with Gasteiger partial charge in [-0.2, -0.15) is 0 Å². The van der Waals surface area contributed by atoms with Gasteiger partial charge in [-0.25, -0.2) is 0 Å². The van der Waals surface area contributed by atoms with Crippen LogP contribution in [0.1, 0.15) is 0 Å². The number of hydrogen-bond acceptors (Lipinski definition) is 1. The van der Waals surface area contributed by atoms with Crippen LogP contribution in [0.2, 0.25) is 0 Å². The van der Waals surface area contributed by atoms with Crippen LogP contribution in [-0.4, -0.2) is 4.57 Å². The van der Waals surface area contributed by atoms with E-state index in [4.69, 9.17) is 0 Å². The van der Waals surface area contributed by atoms with Crippen LogP contribution in [0.5, 0.6) is 0 Å². The van der Waals surface area contributed by atoms with Crippen molar-refractivity contribution in [1.82, 2.24) is 4.57 Å². The molecule has 0 bridgehead atoms. The summed E-state index contributed by atoms with van der Waals surface area (Å²) in [5, 5.41) is 5.16. The summed E-state index contributed by atoms with van der Waals surface area (Å²) in [6.07, 6.45) is 0. The molecule has 0 N–H and O–H groups in total. The molecule has 2 heterocycles. The van der Waals surface area contributed by atoms with Crippen LogP contribution in [0.3, 0.4) is 0 Å². The predicted octanol–water partition coefficient (Wildman–Crippen LogP) is 12.9. The Balaban J connectivity index is 1.27. The molecule has 0 amide bonds. The number of fused-ring (bicyclic) bond motifs is 6. The topological polar surface area (TPSA) is 4.93 Å². The standard InChI is InChI=1S/C42H26BrNS/c43-38-16-8-6-14-33(38)32-13-5-4-12-31(32)29-19-22-35-34-21-18-28(25-39(34)44(40(35)26-29)30-10-2-1-3-11-30)27-20-23-42-37(24-27)36-15-7-9-17-41(36)45-42/h1-26H. The van der Waals surface area contributed by atoms with Crippen LogP contribution in [0.4, 0.5) is 0 Å². The minimum Gasteiger partial charge on any atom is -0.309 e. The van der Waals surface area contributed by atoms with E-state index in [1.165, 1.54) is 75.4 Å². The molecule has 3 heteroatoms. The third-order valence-corrected chi connectivity index (χ3v) is 10.7. The number of aromatic nitrogens is 1. The molecule has 45 heavy (non-hydrogen) atoms. The first kappa shape index (κ1) is 26.4. The third-order valence-electron chi connectivity index (χ3n) is 8.89. The fourth-order valence-corrected chi connectivity index (χ4v) is 8.36. The molecule has 0 fully saturated rings. The molecule has 0 radical (unpaired) electrons. The zero-order chi connectivity index (χ0) is 29.9. The summed E-state index contributed by atoms with van der Waals surface area (Å²) in [4.78, 5) is 0. The molecule has 0 aliphatic heterocycles. The second-order valence-corrected chi connectivity index (χ2v) is 13.4. The highest BCUT2D eigenvalue weighted by Crippen LogP contribution is 2.41. The number of halogens is 1. The molecular formula is C42H26BrNS. The number of benzene rings is 7. The second-order valence-electron chi connectivity index (χ2n) is 11.5. The van der Waals surface area contributed by atoms with Gasteiger partial charge in [-0.15, -0.1) is 11.3 Å². The number of rotatable bonds is 4. The smallest absolute Gasteiger partial charge is 0.0547 e. The van der Waals surface area contributed by atoms with E-state index < -0.39 is 0 Å². The molecule has 1 nitrogen and oxygen atoms in total. The van der Waals surface area contributed by atoms with E-state index in [1.807, 2.05) is 11.3 Å². The van der Waals surface area contributed by atoms with Gasteiger partial charge in [0.1, 0.15) is 0 Å². The van der Waals surface area contributed by atoms with Crippen molar-refractivity contribution < 1.29 is 0 Å². The Morgan fingerprint density at radius 1 is 0.400 bits per heavy atom. The number of para-hydroxylation sites is 1. The van der Waals surface area contributed by atoms with Crippen molar-refractivity contribution in [2.45, 2.75) is 0 Å². The van der Waals surface area contributed by atoms with Gasteiger partial charge in [-0.3, -0.25) is 0 Å². The average Bonchev–Trinajstić information content (AvgIpc) is 3.63. The van der Waals surface area contributed by atoms with Crippen molar-refractivity contribution in [1.29, 1.82) is 0 Å². The molecule has 9 aromatic rings. The fraction of sp³-hybridized carbons (Fsp3) is 0. The van der Waals surface area contributed by atoms with E-state index >= 15 is 0 Å². The van der Waals surface area contributed by atoms with Gasteiger partial charge in [0, 0.05) is 41.1 Å².